The number of amides is 1. The highest BCUT2D eigenvalue weighted by Gasteiger charge is 2.09. The largest absolute Gasteiger partial charge is 0.385 e. The third-order valence-corrected chi connectivity index (χ3v) is 4.05. The van der Waals surface area contributed by atoms with Crippen molar-refractivity contribution in [1.82, 2.24) is 5.32 Å². The van der Waals surface area contributed by atoms with Gasteiger partial charge in [-0.2, -0.15) is 0 Å². The van der Waals surface area contributed by atoms with Gasteiger partial charge >= 0.3 is 0 Å². The van der Waals surface area contributed by atoms with Crippen molar-refractivity contribution in [2.75, 3.05) is 11.9 Å². The smallest absolute Gasteiger partial charge is 0.252 e. The molecule has 0 aliphatic rings. The third-order valence-electron chi connectivity index (χ3n) is 4.05. The van der Waals surface area contributed by atoms with Crippen LogP contribution in [0.25, 0.3) is 5.70 Å². The molecule has 25 heavy (non-hydrogen) atoms. The van der Waals surface area contributed by atoms with E-state index in [0.29, 0.717) is 5.57 Å². The van der Waals surface area contributed by atoms with Crippen LogP contribution in [-0.4, -0.2) is 18.2 Å². The summed E-state index contributed by atoms with van der Waals surface area (Å²) in [6.45, 7) is 14.9. The molecule has 0 spiro atoms. The summed E-state index contributed by atoms with van der Waals surface area (Å²) in [6.07, 6.45) is 4.75. The second kappa shape index (κ2) is 10.5. The zero-order valence-corrected chi connectivity index (χ0v) is 16.2. The van der Waals surface area contributed by atoms with Crippen LogP contribution in [0.2, 0.25) is 0 Å². The molecule has 0 bridgehead atoms. The maximum Gasteiger partial charge on any atom is 0.252 e. The summed E-state index contributed by atoms with van der Waals surface area (Å²) in [5, 5.41) is 6.29. The standard InChI is InChI=1S/C21H31N3O/c1-7-9-12-22-18(6)19-11-10-15(3)20(13-19)24-21(25)16(4)14-23-17(5)8-2/h10-11,13-14,22H,6-9,12H2,1-5H3,(H,24,25)/b16-14+,23-17?. The number of aliphatic imine (C=N–C) groups is 1. The Balaban J connectivity index is 2.86. The number of hydrogen-bond donors (Lipinski definition) is 2. The summed E-state index contributed by atoms with van der Waals surface area (Å²) in [5.41, 5.74) is 5.25. The minimum atomic E-state index is -0.141. The molecule has 0 radical (unpaired) electrons. The highest BCUT2D eigenvalue weighted by molar-refractivity contribution is 6.04. The van der Waals surface area contributed by atoms with Crippen molar-refractivity contribution in [2.45, 2.75) is 53.9 Å². The molecule has 0 saturated carbocycles. The van der Waals surface area contributed by atoms with Gasteiger partial charge in [0, 0.05) is 35.4 Å². The molecule has 2 N–H and O–H groups in total. The number of benzene rings is 1. The predicted molar refractivity (Wildman–Crippen MR) is 109 cm³/mol. The summed E-state index contributed by atoms with van der Waals surface area (Å²) >= 11 is 0. The lowest BCUT2D eigenvalue weighted by Crippen LogP contribution is -2.15. The first-order valence-corrected chi connectivity index (χ1v) is 8.94. The van der Waals surface area contributed by atoms with Crippen molar-refractivity contribution in [1.29, 1.82) is 0 Å². The molecular formula is C21H31N3O. The van der Waals surface area contributed by atoms with Gasteiger partial charge in [0.2, 0.25) is 0 Å². The molecule has 0 aliphatic carbocycles. The van der Waals surface area contributed by atoms with Crippen molar-refractivity contribution in [3.05, 3.63) is 47.7 Å². The Kier molecular flexibility index (Phi) is 8.68. The van der Waals surface area contributed by atoms with Crippen LogP contribution in [0.1, 0.15) is 58.1 Å². The van der Waals surface area contributed by atoms with Gasteiger partial charge in [-0.3, -0.25) is 9.79 Å². The topological polar surface area (TPSA) is 53.5 Å². The van der Waals surface area contributed by atoms with Gasteiger partial charge in [-0.25, -0.2) is 0 Å². The van der Waals surface area contributed by atoms with E-state index in [9.17, 15) is 4.79 Å². The van der Waals surface area contributed by atoms with Crippen LogP contribution in [0.15, 0.2) is 41.5 Å². The lowest BCUT2D eigenvalue weighted by molar-refractivity contribution is -0.112. The molecule has 1 aromatic rings. The highest BCUT2D eigenvalue weighted by atomic mass is 16.1. The van der Waals surface area contributed by atoms with Crippen molar-refractivity contribution >= 4 is 23.0 Å². The lowest BCUT2D eigenvalue weighted by atomic mass is 10.1. The molecule has 0 unspecified atom stereocenters. The zero-order chi connectivity index (χ0) is 18.8. The molecule has 0 fully saturated rings. The van der Waals surface area contributed by atoms with E-state index in [2.05, 4.69) is 29.1 Å². The Morgan fingerprint density at radius 1 is 1.28 bits per heavy atom. The number of nitrogens with zero attached hydrogens (tertiary/aromatic N) is 1. The Morgan fingerprint density at radius 2 is 2.00 bits per heavy atom. The van der Waals surface area contributed by atoms with Gasteiger partial charge in [0.15, 0.2) is 0 Å². The van der Waals surface area contributed by atoms with E-state index in [1.807, 2.05) is 39.0 Å². The summed E-state index contributed by atoms with van der Waals surface area (Å²) < 4.78 is 0. The number of aryl methyl sites for hydroxylation is 1. The van der Waals surface area contributed by atoms with Gasteiger partial charge in [0.05, 0.1) is 0 Å². The molecule has 4 heteroatoms. The van der Waals surface area contributed by atoms with Gasteiger partial charge in [-0.05, 0) is 50.8 Å². The molecule has 4 nitrogen and oxygen atoms in total. The first-order chi connectivity index (χ1) is 11.9. The van der Waals surface area contributed by atoms with Crippen LogP contribution in [0.4, 0.5) is 5.69 Å². The molecule has 1 aromatic carbocycles. The zero-order valence-electron chi connectivity index (χ0n) is 16.2. The van der Waals surface area contributed by atoms with Crippen LogP contribution < -0.4 is 10.6 Å². The molecule has 1 rings (SSSR count). The van der Waals surface area contributed by atoms with E-state index < -0.39 is 0 Å². The van der Waals surface area contributed by atoms with Crippen LogP contribution in [0, 0.1) is 6.92 Å². The Hall–Kier alpha value is -2.36. The monoisotopic (exact) mass is 341 g/mol. The fraction of sp³-hybridized carbons (Fsp3) is 0.429. The van der Waals surface area contributed by atoms with E-state index in [4.69, 9.17) is 0 Å². The summed E-state index contributed by atoms with van der Waals surface area (Å²) in [7, 11) is 0. The Morgan fingerprint density at radius 3 is 2.64 bits per heavy atom. The maximum atomic E-state index is 12.4. The van der Waals surface area contributed by atoms with Crippen LogP contribution >= 0.6 is 0 Å². The lowest BCUT2D eigenvalue weighted by Gasteiger charge is -2.13. The van der Waals surface area contributed by atoms with E-state index in [1.54, 1.807) is 13.1 Å². The molecule has 0 heterocycles. The molecule has 136 valence electrons. The second-order valence-electron chi connectivity index (χ2n) is 6.27. The molecule has 0 atom stereocenters. The number of anilines is 1. The number of carbonyl (C=O) groups is 1. The number of rotatable bonds is 9. The molecule has 0 aliphatic heterocycles. The van der Waals surface area contributed by atoms with E-state index in [-0.39, 0.29) is 5.91 Å². The van der Waals surface area contributed by atoms with Crippen LogP contribution in [0.5, 0.6) is 0 Å². The summed E-state index contributed by atoms with van der Waals surface area (Å²) in [5.74, 6) is -0.141. The molecule has 0 saturated heterocycles. The third kappa shape index (κ3) is 6.96. The van der Waals surface area contributed by atoms with Crippen molar-refractivity contribution in [3.63, 3.8) is 0 Å². The fourth-order valence-electron chi connectivity index (χ4n) is 2.04. The minimum absolute atomic E-state index is 0.141. The van der Waals surface area contributed by atoms with E-state index >= 15 is 0 Å². The summed E-state index contributed by atoms with van der Waals surface area (Å²) in [6, 6.07) is 5.97. The van der Waals surface area contributed by atoms with E-state index in [0.717, 1.165) is 54.0 Å². The van der Waals surface area contributed by atoms with Crippen molar-refractivity contribution in [3.8, 4) is 0 Å². The Bertz CT molecular complexity index is 672. The second-order valence-corrected chi connectivity index (χ2v) is 6.27. The molecular weight excluding hydrogens is 310 g/mol. The van der Waals surface area contributed by atoms with Crippen molar-refractivity contribution in [2.24, 2.45) is 4.99 Å². The van der Waals surface area contributed by atoms with Crippen molar-refractivity contribution < 1.29 is 4.79 Å². The molecule has 0 aromatic heterocycles. The minimum Gasteiger partial charge on any atom is -0.385 e. The van der Waals surface area contributed by atoms with Crippen LogP contribution in [0.3, 0.4) is 0 Å². The van der Waals surface area contributed by atoms with E-state index in [1.165, 1.54) is 0 Å². The average Bonchev–Trinajstić information content (AvgIpc) is 2.61. The average molecular weight is 341 g/mol. The predicted octanol–water partition coefficient (Wildman–Crippen LogP) is 5.07. The van der Waals surface area contributed by atoms with Gasteiger partial charge in [0.25, 0.3) is 5.91 Å². The number of nitrogens with one attached hydrogen (secondary N) is 2. The fourth-order valence-corrected chi connectivity index (χ4v) is 2.04. The first-order valence-electron chi connectivity index (χ1n) is 8.94. The normalized spacial score (nSPS) is 12.0. The number of unbranched alkanes of at least 4 members (excludes halogenated alkanes) is 1. The number of hydrogen-bond acceptors (Lipinski definition) is 3. The van der Waals surface area contributed by atoms with Gasteiger partial charge in [0.1, 0.15) is 0 Å². The van der Waals surface area contributed by atoms with Gasteiger partial charge < -0.3 is 10.6 Å². The highest BCUT2D eigenvalue weighted by Crippen LogP contribution is 2.21. The number of carbonyl (C=O) groups excluding carboxylic acids is 1. The van der Waals surface area contributed by atoms with Gasteiger partial charge in [-0.15, -0.1) is 0 Å². The quantitative estimate of drug-likeness (QED) is 0.374. The SMILES string of the molecule is C=C(NCCCC)c1ccc(C)c(NC(=O)/C(C)=C/N=C(C)CC)c1. The van der Waals surface area contributed by atoms with Gasteiger partial charge in [-0.1, -0.05) is 39.0 Å². The summed E-state index contributed by atoms with van der Waals surface area (Å²) in [4.78, 5) is 16.7. The van der Waals surface area contributed by atoms with Crippen LogP contribution in [-0.2, 0) is 4.79 Å². The maximum absolute atomic E-state index is 12.4. The Labute approximate surface area is 152 Å². The first kappa shape index (κ1) is 20.7. The molecule has 1 amide bonds.